The van der Waals surface area contributed by atoms with Gasteiger partial charge in [-0.25, -0.2) is 0 Å². The summed E-state index contributed by atoms with van der Waals surface area (Å²) < 4.78 is 0. The molecule has 2 rings (SSSR count). The molecule has 0 aliphatic carbocycles. The van der Waals surface area contributed by atoms with Crippen LogP contribution in [0.15, 0.2) is 24.5 Å². The van der Waals surface area contributed by atoms with Gasteiger partial charge in [0.2, 0.25) is 0 Å². The summed E-state index contributed by atoms with van der Waals surface area (Å²) in [6.07, 6.45) is 5.66. The maximum Gasteiger partial charge on any atom is 0.251 e. The van der Waals surface area contributed by atoms with Gasteiger partial charge in [0.05, 0.1) is 0 Å². The fourth-order valence-electron chi connectivity index (χ4n) is 2.22. The van der Waals surface area contributed by atoms with Crippen molar-refractivity contribution >= 4 is 30.7 Å². The van der Waals surface area contributed by atoms with Crippen molar-refractivity contribution in [3.63, 3.8) is 0 Å². The van der Waals surface area contributed by atoms with Gasteiger partial charge in [0.15, 0.2) is 0 Å². The van der Waals surface area contributed by atoms with Crippen LogP contribution in [0.2, 0.25) is 0 Å². The number of carbonyl (C=O) groups excluding carboxylic acids is 1. The average molecular weight is 306 g/mol. The van der Waals surface area contributed by atoms with Crippen molar-refractivity contribution in [2.75, 3.05) is 13.1 Å². The monoisotopic (exact) mass is 305 g/mol. The van der Waals surface area contributed by atoms with Crippen LogP contribution in [-0.2, 0) is 0 Å². The molecule has 1 aliphatic rings. The molecule has 0 saturated carbocycles. The van der Waals surface area contributed by atoms with Crippen LogP contribution in [0.1, 0.15) is 30.1 Å². The first-order valence-electron chi connectivity index (χ1n) is 6.19. The summed E-state index contributed by atoms with van der Waals surface area (Å²) in [5, 5.41) is 6.43. The predicted octanol–water partition coefficient (Wildman–Crippen LogP) is 2.04. The van der Waals surface area contributed by atoms with Gasteiger partial charge in [0.25, 0.3) is 5.91 Å². The van der Waals surface area contributed by atoms with Gasteiger partial charge >= 0.3 is 0 Å². The number of carbonyl (C=O) groups is 1. The molecule has 0 bridgehead atoms. The molecule has 2 unspecified atom stereocenters. The molecule has 1 saturated heterocycles. The third kappa shape index (κ3) is 5.35. The Morgan fingerprint density at radius 2 is 2.11 bits per heavy atom. The van der Waals surface area contributed by atoms with E-state index in [-0.39, 0.29) is 36.8 Å². The zero-order valence-corrected chi connectivity index (χ0v) is 12.6. The second-order valence-electron chi connectivity index (χ2n) is 4.60. The van der Waals surface area contributed by atoms with Crippen molar-refractivity contribution in [3.8, 4) is 0 Å². The summed E-state index contributed by atoms with van der Waals surface area (Å²) in [6, 6.07) is 3.69. The molecule has 2 atom stereocenters. The number of amides is 1. The third-order valence-corrected chi connectivity index (χ3v) is 3.34. The Morgan fingerprint density at radius 1 is 1.42 bits per heavy atom. The fraction of sp³-hybridized carbons (Fsp3) is 0.538. The second kappa shape index (κ2) is 9.13. The Hall–Kier alpha value is -0.840. The van der Waals surface area contributed by atoms with E-state index in [4.69, 9.17) is 0 Å². The summed E-state index contributed by atoms with van der Waals surface area (Å²) >= 11 is 0. The van der Waals surface area contributed by atoms with E-state index < -0.39 is 0 Å². The first kappa shape index (κ1) is 18.2. The smallest absolute Gasteiger partial charge is 0.251 e. The van der Waals surface area contributed by atoms with Gasteiger partial charge in [-0.3, -0.25) is 9.78 Å². The van der Waals surface area contributed by atoms with E-state index in [0.717, 1.165) is 13.1 Å². The minimum Gasteiger partial charge on any atom is -0.349 e. The average Bonchev–Trinajstić information content (AvgIpc) is 2.40. The van der Waals surface area contributed by atoms with Crippen molar-refractivity contribution in [1.82, 2.24) is 15.6 Å². The summed E-state index contributed by atoms with van der Waals surface area (Å²) in [5.74, 6) is 0.528. The lowest BCUT2D eigenvalue weighted by molar-refractivity contribution is 0.0922. The maximum absolute atomic E-state index is 11.9. The highest BCUT2D eigenvalue weighted by Gasteiger charge is 2.21. The molecule has 108 valence electrons. The number of piperidine rings is 1. The third-order valence-electron chi connectivity index (χ3n) is 3.34. The largest absolute Gasteiger partial charge is 0.349 e. The second-order valence-corrected chi connectivity index (χ2v) is 4.60. The number of rotatable bonds is 3. The molecule has 4 nitrogen and oxygen atoms in total. The summed E-state index contributed by atoms with van der Waals surface area (Å²) in [7, 11) is 0. The number of hydrogen-bond acceptors (Lipinski definition) is 3. The Labute approximate surface area is 126 Å². The molecule has 6 heteroatoms. The van der Waals surface area contributed by atoms with Gasteiger partial charge < -0.3 is 10.6 Å². The van der Waals surface area contributed by atoms with Gasteiger partial charge in [-0.1, -0.05) is 0 Å². The highest BCUT2D eigenvalue weighted by molar-refractivity contribution is 5.94. The van der Waals surface area contributed by atoms with Crippen LogP contribution in [0.4, 0.5) is 0 Å². The van der Waals surface area contributed by atoms with E-state index in [1.165, 1.54) is 12.8 Å². The topological polar surface area (TPSA) is 54.0 Å². The van der Waals surface area contributed by atoms with Crippen molar-refractivity contribution in [1.29, 1.82) is 0 Å². The van der Waals surface area contributed by atoms with Crippen LogP contribution >= 0.6 is 24.8 Å². The molecule has 2 N–H and O–H groups in total. The lowest BCUT2D eigenvalue weighted by atomic mass is 9.92. The van der Waals surface area contributed by atoms with Gasteiger partial charge in [-0.05, 0) is 50.9 Å². The Balaban J connectivity index is 0.00000162. The quantitative estimate of drug-likeness (QED) is 0.898. The van der Waals surface area contributed by atoms with Crippen LogP contribution in [0.25, 0.3) is 0 Å². The summed E-state index contributed by atoms with van der Waals surface area (Å²) in [5.41, 5.74) is 0.676. The number of pyridine rings is 1. The van der Waals surface area contributed by atoms with E-state index in [1.54, 1.807) is 24.5 Å². The van der Waals surface area contributed by atoms with Crippen LogP contribution in [-0.4, -0.2) is 30.0 Å². The van der Waals surface area contributed by atoms with Crippen molar-refractivity contribution < 1.29 is 4.79 Å². The van der Waals surface area contributed by atoms with Crippen LogP contribution in [0.5, 0.6) is 0 Å². The first-order valence-corrected chi connectivity index (χ1v) is 6.19. The molecule has 1 aliphatic heterocycles. The number of aromatic nitrogens is 1. The summed E-state index contributed by atoms with van der Waals surface area (Å²) in [4.78, 5) is 15.8. The molecule has 1 aromatic rings. The fourth-order valence-corrected chi connectivity index (χ4v) is 2.22. The summed E-state index contributed by atoms with van der Waals surface area (Å²) in [6.45, 7) is 4.18. The molecule has 0 aromatic carbocycles. The van der Waals surface area contributed by atoms with Gasteiger partial charge in [0, 0.05) is 24.0 Å². The first-order chi connectivity index (χ1) is 8.27. The zero-order valence-electron chi connectivity index (χ0n) is 11.0. The minimum absolute atomic E-state index is 0. The lowest BCUT2D eigenvalue weighted by Crippen LogP contribution is -2.44. The SMILES string of the molecule is CC(NC(=O)c1ccncc1)C1CCCNC1.Cl.Cl. The molecule has 1 fully saturated rings. The molecule has 19 heavy (non-hydrogen) atoms. The molecular weight excluding hydrogens is 285 g/mol. The van der Waals surface area contributed by atoms with Crippen molar-refractivity contribution in [2.45, 2.75) is 25.8 Å². The van der Waals surface area contributed by atoms with E-state index in [0.29, 0.717) is 11.5 Å². The Bertz CT molecular complexity index is 369. The van der Waals surface area contributed by atoms with Gasteiger partial charge in [-0.2, -0.15) is 0 Å². The van der Waals surface area contributed by atoms with Gasteiger partial charge in [0.1, 0.15) is 0 Å². The highest BCUT2D eigenvalue weighted by atomic mass is 35.5. The number of hydrogen-bond donors (Lipinski definition) is 2. The molecule has 0 spiro atoms. The van der Waals surface area contributed by atoms with Crippen LogP contribution < -0.4 is 10.6 Å². The van der Waals surface area contributed by atoms with Crippen LogP contribution in [0, 0.1) is 5.92 Å². The molecule has 1 amide bonds. The number of halogens is 2. The van der Waals surface area contributed by atoms with Crippen molar-refractivity contribution in [2.24, 2.45) is 5.92 Å². The lowest BCUT2D eigenvalue weighted by Gasteiger charge is -2.28. The van der Waals surface area contributed by atoms with Crippen LogP contribution in [0.3, 0.4) is 0 Å². The molecule has 2 heterocycles. The standard InChI is InChI=1S/C13H19N3O.2ClH/c1-10(12-3-2-6-15-9-12)16-13(17)11-4-7-14-8-5-11;;/h4-5,7-8,10,12,15H,2-3,6,9H2,1H3,(H,16,17);2*1H. The highest BCUT2D eigenvalue weighted by Crippen LogP contribution is 2.14. The molecular formula is C13H21Cl2N3O. The molecule has 0 radical (unpaired) electrons. The van der Waals surface area contributed by atoms with Gasteiger partial charge in [-0.15, -0.1) is 24.8 Å². The zero-order chi connectivity index (χ0) is 12.1. The Kier molecular flexibility index (Phi) is 8.72. The van der Waals surface area contributed by atoms with E-state index in [9.17, 15) is 4.79 Å². The van der Waals surface area contributed by atoms with E-state index >= 15 is 0 Å². The minimum atomic E-state index is -0.00882. The maximum atomic E-state index is 11.9. The van der Waals surface area contributed by atoms with E-state index in [2.05, 4.69) is 22.5 Å². The normalized spacial score (nSPS) is 19.5. The Morgan fingerprint density at radius 3 is 2.68 bits per heavy atom. The predicted molar refractivity (Wildman–Crippen MR) is 81.3 cm³/mol. The van der Waals surface area contributed by atoms with E-state index in [1.807, 2.05) is 0 Å². The van der Waals surface area contributed by atoms with Crippen molar-refractivity contribution in [3.05, 3.63) is 30.1 Å². The number of nitrogens with one attached hydrogen (secondary N) is 2. The molecule has 1 aromatic heterocycles. The number of nitrogens with zero attached hydrogens (tertiary/aromatic N) is 1.